The Hall–Kier alpha value is -3.80. The number of benzene rings is 3. The van der Waals surface area contributed by atoms with Crippen LogP contribution >= 0.6 is 0 Å². The molecular formula is C33H34N4O6. The van der Waals surface area contributed by atoms with Crippen LogP contribution < -0.4 is 0 Å². The van der Waals surface area contributed by atoms with Gasteiger partial charge in [0.15, 0.2) is 6.23 Å². The predicted molar refractivity (Wildman–Crippen MR) is 162 cm³/mol. The second-order valence-electron chi connectivity index (χ2n) is 11.7. The van der Waals surface area contributed by atoms with Gasteiger partial charge in [0.1, 0.15) is 24.4 Å². The van der Waals surface area contributed by atoms with Gasteiger partial charge < -0.3 is 33.7 Å². The molecule has 0 radical (unpaired) electrons. The number of rotatable bonds is 7. The standard InChI is InChI=1S/C33H34N4O6/c1-4-34(5-2)14-15-35-31(40)24-22-17-10-6-8-12-19(17)36-26(22)27-23(25(24)32(35)41)18-11-7-9-13-20(18)37(27)33-28(36)29(39)30(42-3)21(16-38)43-33/h6-13,21,28-30,33,38-39H,4-5,14-16H2,1-3H3/t21-,28+,29-,30-,33-/m1/s1. The molecule has 0 bridgehead atoms. The van der Waals surface area contributed by atoms with Crippen LogP contribution in [0.15, 0.2) is 48.5 Å². The van der Waals surface area contributed by atoms with Crippen molar-refractivity contribution < 1.29 is 29.3 Å². The molecule has 10 heteroatoms. The summed E-state index contributed by atoms with van der Waals surface area (Å²) in [7, 11) is 1.51. The highest BCUT2D eigenvalue weighted by molar-refractivity contribution is 6.39. The highest BCUT2D eigenvalue weighted by Gasteiger charge is 2.52. The van der Waals surface area contributed by atoms with Gasteiger partial charge in [-0.05, 0) is 25.2 Å². The molecule has 5 aromatic rings. The van der Waals surface area contributed by atoms with Crippen molar-refractivity contribution in [1.82, 2.24) is 18.9 Å². The van der Waals surface area contributed by atoms with Gasteiger partial charge in [-0.3, -0.25) is 14.5 Å². The zero-order valence-corrected chi connectivity index (χ0v) is 24.4. The molecule has 0 unspecified atom stereocenters. The maximum absolute atomic E-state index is 14.3. The molecule has 10 nitrogen and oxygen atoms in total. The van der Waals surface area contributed by atoms with E-state index in [0.29, 0.717) is 24.2 Å². The number of carbonyl (C=O) groups is 2. The fourth-order valence-corrected chi connectivity index (χ4v) is 7.95. The molecule has 0 spiro atoms. The summed E-state index contributed by atoms with van der Waals surface area (Å²) in [6.07, 6.45) is -3.25. The number of fused-ring (bicyclic) bond motifs is 12. The summed E-state index contributed by atoms with van der Waals surface area (Å²) in [5, 5.41) is 25.3. The van der Waals surface area contributed by atoms with Crippen molar-refractivity contribution in [3.8, 4) is 0 Å². The van der Waals surface area contributed by atoms with E-state index in [1.807, 2.05) is 48.5 Å². The summed E-state index contributed by atoms with van der Waals surface area (Å²) in [4.78, 5) is 32.3. The summed E-state index contributed by atoms with van der Waals surface area (Å²) in [5.74, 6) is -0.570. The third-order valence-corrected chi connectivity index (χ3v) is 9.91. The summed E-state index contributed by atoms with van der Waals surface area (Å²) in [5.41, 5.74) is 4.10. The third kappa shape index (κ3) is 3.30. The zero-order valence-electron chi connectivity index (χ0n) is 24.4. The second kappa shape index (κ2) is 9.60. The molecule has 5 atom stereocenters. The van der Waals surface area contributed by atoms with Gasteiger partial charge in [0.2, 0.25) is 0 Å². The van der Waals surface area contributed by atoms with Gasteiger partial charge in [0.25, 0.3) is 11.8 Å². The SMILES string of the molecule is CCN(CC)CCN1C(=O)c2c(c3c4ccccc4n4c3c3c2c2ccccc2n3[C@H]2[C@@H](O)[C@H](OC)[C@@H](CO)O[C@H]24)C1=O. The molecule has 1 fully saturated rings. The highest BCUT2D eigenvalue weighted by Crippen LogP contribution is 2.54. The largest absolute Gasteiger partial charge is 0.394 e. The van der Waals surface area contributed by atoms with Gasteiger partial charge in [-0.2, -0.15) is 0 Å². The molecule has 1 saturated heterocycles. The molecule has 3 aromatic carbocycles. The number of ether oxygens (including phenoxy) is 2. The average molecular weight is 583 g/mol. The number of para-hydroxylation sites is 2. The number of methoxy groups -OCH3 is 1. The molecule has 222 valence electrons. The molecule has 8 rings (SSSR count). The van der Waals surface area contributed by atoms with Crippen LogP contribution in [0.5, 0.6) is 0 Å². The Morgan fingerprint density at radius 2 is 1.44 bits per heavy atom. The molecule has 2 amide bonds. The number of carbonyl (C=O) groups excluding carboxylic acids is 2. The minimum atomic E-state index is -1.03. The lowest BCUT2D eigenvalue weighted by molar-refractivity contribution is -0.231. The van der Waals surface area contributed by atoms with E-state index in [0.717, 1.165) is 56.7 Å². The fraction of sp³-hybridized carbons (Fsp3) is 0.394. The predicted octanol–water partition coefficient (Wildman–Crippen LogP) is 3.66. The normalized spacial score (nSPS) is 24.9. The first-order valence-electron chi connectivity index (χ1n) is 15.0. The third-order valence-electron chi connectivity index (χ3n) is 9.91. The van der Waals surface area contributed by atoms with Gasteiger partial charge in [0.05, 0.1) is 34.3 Å². The molecule has 0 aliphatic carbocycles. The Morgan fingerprint density at radius 1 is 0.884 bits per heavy atom. The lowest BCUT2D eigenvalue weighted by atomic mass is 9.93. The summed E-state index contributed by atoms with van der Waals surface area (Å²) < 4.78 is 16.4. The van der Waals surface area contributed by atoms with E-state index in [9.17, 15) is 19.8 Å². The highest BCUT2D eigenvalue weighted by atomic mass is 16.6. The van der Waals surface area contributed by atoms with Crippen molar-refractivity contribution >= 4 is 55.4 Å². The average Bonchev–Trinajstić information content (AvgIpc) is 3.63. The summed E-state index contributed by atoms with van der Waals surface area (Å²) in [6, 6.07) is 15.0. The maximum atomic E-state index is 14.3. The van der Waals surface area contributed by atoms with Crippen LogP contribution in [0.1, 0.15) is 46.8 Å². The molecule has 43 heavy (non-hydrogen) atoms. The number of amides is 2. The van der Waals surface area contributed by atoms with E-state index in [4.69, 9.17) is 9.47 Å². The molecular weight excluding hydrogens is 548 g/mol. The van der Waals surface area contributed by atoms with Gasteiger partial charge in [-0.25, -0.2) is 0 Å². The lowest BCUT2D eigenvalue weighted by Crippen LogP contribution is -2.55. The van der Waals surface area contributed by atoms with Crippen LogP contribution in [0.2, 0.25) is 0 Å². The lowest BCUT2D eigenvalue weighted by Gasteiger charge is -2.47. The van der Waals surface area contributed by atoms with Crippen LogP contribution in [0.3, 0.4) is 0 Å². The molecule has 2 N–H and O–H groups in total. The van der Waals surface area contributed by atoms with Crippen molar-refractivity contribution in [3.05, 3.63) is 59.7 Å². The Bertz CT molecular complexity index is 1970. The number of imide groups is 1. The number of aliphatic hydroxyl groups excluding tert-OH is 2. The van der Waals surface area contributed by atoms with Crippen molar-refractivity contribution in [3.63, 3.8) is 0 Å². The Balaban J connectivity index is 1.51. The van der Waals surface area contributed by atoms with Crippen LogP contribution in [0, 0.1) is 0 Å². The zero-order chi connectivity index (χ0) is 29.7. The van der Waals surface area contributed by atoms with Crippen molar-refractivity contribution in [2.45, 2.75) is 44.4 Å². The van der Waals surface area contributed by atoms with Crippen molar-refractivity contribution in [2.75, 3.05) is 39.9 Å². The number of hydrogen-bond donors (Lipinski definition) is 2. The van der Waals surface area contributed by atoms with Gasteiger partial charge in [0, 0.05) is 47.3 Å². The first-order valence-corrected chi connectivity index (χ1v) is 15.0. The van der Waals surface area contributed by atoms with E-state index in [-0.39, 0.29) is 18.4 Å². The van der Waals surface area contributed by atoms with E-state index < -0.39 is 30.6 Å². The molecule has 3 aliphatic heterocycles. The smallest absolute Gasteiger partial charge is 0.262 e. The minimum Gasteiger partial charge on any atom is -0.394 e. The van der Waals surface area contributed by atoms with Gasteiger partial charge in [-0.1, -0.05) is 50.2 Å². The summed E-state index contributed by atoms with van der Waals surface area (Å²) in [6.45, 7) is 6.38. The van der Waals surface area contributed by atoms with Crippen LogP contribution in [-0.2, 0) is 9.47 Å². The van der Waals surface area contributed by atoms with E-state index in [1.54, 1.807) is 0 Å². The number of hydrogen-bond acceptors (Lipinski definition) is 7. The molecule has 0 saturated carbocycles. The minimum absolute atomic E-state index is 0.284. The number of nitrogens with zero attached hydrogens (tertiary/aromatic N) is 4. The van der Waals surface area contributed by atoms with Crippen LogP contribution in [-0.4, -0.2) is 99.2 Å². The van der Waals surface area contributed by atoms with E-state index in [1.165, 1.54) is 12.0 Å². The molecule has 5 heterocycles. The van der Waals surface area contributed by atoms with Gasteiger partial charge >= 0.3 is 0 Å². The Labute approximate surface area is 247 Å². The van der Waals surface area contributed by atoms with Crippen molar-refractivity contribution in [1.29, 1.82) is 0 Å². The van der Waals surface area contributed by atoms with E-state index in [2.05, 4.69) is 27.9 Å². The number of aliphatic hydroxyl groups is 2. The summed E-state index contributed by atoms with van der Waals surface area (Å²) >= 11 is 0. The molecule has 3 aliphatic rings. The maximum Gasteiger partial charge on any atom is 0.262 e. The second-order valence-corrected chi connectivity index (χ2v) is 11.7. The Kier molecular flexibility index (Phi) is 5.98. The fourth-order valence-electron chi connectivity index (χ4n) is 7.95. The topological polar surface area (TPSA) is 109 Å². The quantitative estimate of drug-likeness (QED) is 0.282. The van der Waals surface area contributed by atoms with Crippen molar-refractivity contribution in [2.24, 2.45) is 0 Å². The van der Waals surface area contributed by atoms with Gasteiger partial charge in [-0.15, -0.1) is 0 Å². The van der Waals surface area contributed by atoms with E-state index >= 15 is 0 Å². The molecule has 2 aromatic heterocycles. The van der Waals surface area contributed by atoms with Crippen LogP contribution in [0.25, 0.3) is 43.6 Å². The number of aromatic nitrogens is 2. The van der Waals surface area contributed by atoms with Crippen LogP contribution in [0.4, 0.5) is 0 Å². The monoisotopic (exact) mass is 582 g/mol. The number of likely N-dealkylation sites (N-methyl/N-ethyl adjacent to an activating group) is 1. The first kappa shape index (κ1) is 26.8. The first-order chi connectivity index (χ1) is 21.0. The Morgan fingerprint density at radius 3 is 2.00 bits per heavy atom.